The Balaban J connectivity index is 2.22. The van der Waals surface area contributed by atoms with Crippen LogP contribution >= 0.6 is 0 Å². The lowest BCUT2D eigenvalue weighted by atomic mass is 9.97. The molecule has 1 aromatic carbocycles. The fourth-order valence-electron chi connectivity index (χ4n) is 3.36. The number of rotatable bonds is 5. The fourth-order valence-corrected chi connectivity index (χ4v) is 3.90. The van der Waals surface area contributed by atoms with E-state index in [2.05, 4.69) is 0 Å². The van der Waals surface area contributed by atoms with Crippen LogP contribution in [0.25, 0.3) is 0 Å². The second-order valence-corrected chi connectivity index (χ2v) is 8.39. The maximum Gasteiger partial charge on any atom is 0.342 e. The van der Waals surface area contributed by atoms with E-state index in [1.807, 2.05) is 13.8 Å². The molecule has 8 nitrogen and oxygen atoms in total. The molecule has 3 atom stereocenters. The highest BCUT2D eigenvalue weighted by atomic mass is 32.2. The number of nitrogens with two attached hydrogens (primary N) is 1. The van der Waals surface area contributed by atoms with Crippen molar-refractivity contribution < 1.29 is 27.5 Å². The molecular weight excluding hydrogens is 372 g/mol. The second-order valence-electron chi connectivity index (χ2n) is 6.83. The van der Waals surface area contributed by atoms with E-state index in [4.69, 9.17) is 14.6 Å². The van der Waals surface area contributed by atoms with Gasteiger partial charge in [0.25, 0.3) is 5.91 Å². The maximum atomic E-state index is 12.8. The average Bonchev–Trinajstić information content (AvgIpc) is 2.59. The van der Waals surface area contributed by atoms with E-state index in [0.717, 1.165) is 25.3 Å². The second kappa shape index (κ2) is 8.26. The molecule has 0 saturated carbocycles. The molecule has 0 bridgehead atoms. The number of primary sulfonamides is 1. The van der Waals surface area contributed by atoms with Crippen LogP contribution in [0.3, 0.4) is 0 Å². The summed E-state index contributed by atoms with van der Waals surface area (Å²) in [5, 5.41) is 5.11. The molecule has 27 heavy (non-hydrogen) atoms. The van der Waals surface area contributed by atoms with Crippen molar-refractivity contribution in [2.24, 2.45) is 5.14 Å². The third-order valence-electron chi connectivity index (χ3n) is 4.80. The van der Waals surface area contributed by atoms with E-state index in [1.165, 1.54) is 26.2 Å². The van der Waals surface area contributed by atoms with Crippen LogP contribution in [0.15, 0.2) is 23.1 Å². The van der Waals surface area contributed by atoms with Crippen molar-refractivity contribution in [1.82, 2.24) is 4.90 Å². The number of benzene rings is 1. The number of likely N-dealkylation sites (tertiary alicyclic amines) is 1. The number of hydrogen-bond donors (Lipinski definition) is 1. The highest BCUT2D eigenvalue weighted by Crippen LogP contribution is 2.26. The Kier molecular flexibility index (Phi) is 6.48. The molecule has 0 unspecified atom stereocenters. The molecule has 9 heteroatoms. The van der Waals surface area contributed by atoms with Crippen LogP contribution < -0.4 is 9.88 Å². The molecule has 2 rings (SSSR count). The molecule has 1 heterocycles. The number of amides is 1. The predicted octanol–water partition coefficient (Wildman–Crippen LogP) is 1.68. The van der Waals surface area contributed by atoms with Gasteiger partial charge in [0.15, 0.2) is 6.10 Å². The van der Waals surface area contributed by atoms with Crippen LogP contribution in [0.2, 0.25) is 0 Å². The molecule has 2 N–H and O–H groups in total. The van der Waals surface area contributed by atoms with Crippen molar-refractivity contribution in [2.45, 2.75) is 63.1 Å². The Morgan fingerprint density at radius 2 is 1.81 bits per heavy atom. The van der Waals surface area contributed by atoms with E-state index in [1.54, 1.807) is 4.90 Å². The molecule has 0 radical (unpaired) electrons. The van der Waals surface area contributed by atoms with Gasteiger partial charge in [-0.1, -0.05) is 0 Å². The lowest BCUT2D eigenvalue weighted by molar-refractivity contribution is -0.146. The first-order valence-electron chi connectivity index (χ1n) is 8.80. The van der Waals surface area contributed by atoms with Gasteiger partial charge in [0.1, 0.15) is 11.3 Å². The first kappa shape index (κ1) is 21.2. The summed E-state index contributed by atoms with van der Waals surface area (Å²) in [7, 11) is -2.66. The molecule has 0 spiro atoms. The van der Waals surface area contributed by atoms with E-state index in [-0.39, 0.29) is 34.2 Å². The minimum absolute atomic E-state index is 0.0719. The molecule has 1 aliphatic heterocycles. The van der Waals surface area contributed by atoms with Crippen LogP contribution in [0.4, 0.5) is 0 Å². The van der Waals surface area contributed by atoms with Crippen molar-refractivity contribution in [3.63, 3.8) is 0 Å². The van der Waals surface area contributed by atoms with Gasteiger partial charge in [0, 0.05) is 12.1 Å². The van der Waals surface area contributed by atoms with Crippen LogP contribution in [-0.2, 0) is 19.6 Å². The summed E-state index contributed by atoms with van der Waals surface area (Å²) in [6.45, 7) is 5.45. The fraction of sp³-hybridized carbons (Fsp3) is 0.556. The number of carbonyl (C=O) groups excluding carboxylic acids is 2. The van der Waals surface area contributed by atoms with Gasteiger partial charge in [0.05, 0.1) is 12.0 Å². The van der Waals surface area contributed by atoms with Gasteiger partial charge in [-0.2, -0.15) is 0 Å². The maximum absolute atomic E-state index is 12.8. The number of hydrogen-bond acceptors (Lipinski definition) is 6. The highest BCUT2D eigenvalue weighted by Gasteiger charge is 2.33. The van der Waals surface area contributed by atoms with Crippen molar-refractivity contribution in [3.8, 4) is 5.75 Å². The average molecular weight is 398 g/mol. The Morgan fingerprint density at radius 1 is 1.22 bits per heavy atom. The normalized spacial score (nSPS) is 21.4. The Morgan fingerprint density at radius 3 is 2.33 bits per heavy atom. The zero-order valence-corrected chi connectivity index (χ0v) is 16.8. The highest BCUT2D eigenvalue weighted by molar-refractivity contribution is 7.89. The number of nitrogens with zero attached hydrogens (tertiary/aromatic N) is 1. The van der Waals surface area contributed by atoms with Gasteiger partial charge in [-0.25, -0.2) is 18.4 Å². The summed E-state index contributed by atoms with van der Waals surface area (Å²) in [6, 6.07) is 3.78. The molecule has 1 saturated heterocycles. The third-order valence-corrected chi connectivity index (χ3v) is 5.71. The molecule has 0 aliphatic carbocycles. The minimum Gasteiger partial charge on any atom is -0.496 e. The predicted molar refractivity (Wildman–Crippen MR) is 98.9 cm³/mol. The topological polar surface area (TPSA) is 116 Å². The minimum atomic E-state index is -4.00. The molecule has 1 amide bonds. The number of carbonyl (C=O) groups is 2. The smallest absolute Gasteiger partial charge is 0.342 e. The Hall–Kier alpha value is -2.13. The zero-order valence-electron chi connectivity index (χ0n) is 16.0. The Labute approximate surface area is 159 Å². The van der Waals surface area contributed by atoms with Gasteiger partial charge in [-0.05, 0) is 58.2 Å². The van der Waals surface area contributed by atoms with Crippen molar-refractivity contribution in [3.05, 3.63) is 23.8 Å². The van der Waals surface area contributed by atoms with Crippen molar-refractivity contribution >= 4 is 21.9 Å². The zero-order chi connectivity index (χ0) is 20.4. The molecule has 1 aromatic rings. The summed E-state index contributed by atoms with van der Waals surface area (Å²) >= 11 is 0. The lowest BCUT2D eigenvalue weighted by Crippen LogP contribution is -2.51. The van der Waals surface area contributed by atoms with E-state index >= 15 is 0 Å². The van der Waals surface area contributed by atoms with E-state index in [0.29, 0.717) is 0 Å². The lowest BCUT2D eigenvalue weighted by Gasteiger charge is -2.40. The number of sulfonamides is 1. The first-order valence-corrected chi connectivity index (χ1v) is 10.3. The summed E-state index contributed by atoms with van der Waals surface area (Å²) in [5.74, 6) is -0.994. The summed E-state index contributed by atoms with van der Waals surface area (Å²) in [6.07, 6.45) is 1.85. The third kappa shape index (κ3) is 4.78. The number of methoxy groups -OCH3 is 1. The largest absolute Gasteiger partial charge is 0.496 e. The standard InChI is InChI=1S/C18H26N2O6S/c1-11-6-5-7-12(2)20(11)17(21)13(3)26-18(22)15-10-14(27(19,23)24)8-9-16(15)25-4/h8-13H,5-7H2,1-4H3,(H2,19,23,24)/t11-,12-,13-/m1/s1. The Bertz CT molecular complexity index is 813. The molecule has 150 valence electrons. The van der Waals surface area contributed by atoms with Crippen LogP contribution in [0, 0.1) is 0 Å². The van der Waals surface area contributed by atoms with Gasteiger partial charge >= 0.3 is 5.97 Å². The van der Waals surface area contributed by atoms with Gasteiger partial charge in [-0.3, -0.25) is 4.79 Å². The quantitative estimate of drug-likeness (QED) is 0.755. The van der Waals surface area contributed by atoms with Crippen molar-refractivity contribution in [1.29, 1.82) is 0 Å². The van der Waals surface area contributed by atoms with Gasteiger partial charge < -0.3 is 14.4 Å². The van der Waals surface area contributed by atoms with Crippen LogP contribution in [0.1, 0.15) is 50.4 Å². The van der Waals surface area contributed by atoms with E-state index in [9.17, 15) is 18.0 Å². The first-order chi connectivity index (χ1) is 12.6. The number of piperidine rings is 1. The van der Waals surface area contributed by atoms with Crippen LogP contribution in [-0.4, -0.2) is 50.5 Å². The van der Waals surface area contributed by atoms with Crippen molar-refractivity contribution in [2.75, 3.05) is 7.11 Å². The monoisotopic (exact) mass is 398 g/mol. The van der Waals surface area contributed by atoms with Gasteiger partial charge in [0.2, 0.25) is 10.0 Å². The summed E-state index contributed by atoms with van der Waals surface area (Å²) in [4.78, 5) is 26.8. The number of ether oxygens (including phenoxy) is 2. The summed E-state index contributed by atoms with van der Waals surface area (Å²) in [5.41, 5.74) is -0.108. The molecule has 1 aliphatic rings. The van der Waals surface area contributed by atoms with Gasteiger partial charge in [-0.15, -0.1) is 0 Å². The summed E-state index contributed by atoms with van der Waals surface area (Å²) < 4.78 is 33.5. The van der Waals surface area contributed by atoms with Crippen LogP contribution in [0.5, 0.6) is 5.75 Å². The number of esters is 1. The van der Waals surface area contributed by atoms with E-state index < -0.39 is 22.1 Å². The molecule has 0 aromatic heterocycles. The molecule has 1 fully saturated rings. The molecular formula is C18H26N2O6S. The SMILES string of the molecule is COc1ccc(S(N)(=O)=O)cc1C(=O)O[C@H](C)C(=O)N1[C@H](C)CCC[C@H]1C.